The van der Waals surface area contributed by atoms with Crippen molar-refractivity contribution < 1.29 is 32.3 Å². The standard InChI is InChI=1S/C22H22F3N3O4/c1-10(2)17(29)27-14-8-20(3)15-16(21(14,4)32-20)19(31)28(18(15)30)12-6-5-11(9-26)13(7-12)22(23,24)25/h5-7,10,14-16H,8H2,1-4H3,(H,27,29)/t14-,15-,16+,20?,21?/m1/s1. The first-order valence-corrected chi connectivity index (χ1v) is 10.2. The number of amides is 3. The summed E-state index contributed by atoms with van der Waals surface area (Å²) < 4.78 is 46.4. The number of hydrogen-bond acceptors (Lipinski definition) is 5. The van der Waals surface area contributed by atoms with Gasteiger partial charge in [-0.2, -0.15) is 18.4 Å². The van der Waals surface area contributed by atoms with Crippen molar-refractivity contribution in [2.24, 2.45) is 17.8 Å². The number of benzene rings is 1. The normalized spacial score (nSPS) is 33.6. The number of imide groups is 1. The van der Waals surface area contributed by atoms with Gasteiger partial charge in [0.05, 0.1) is 52.0 Å². The van der Waals surface area contributed by atoms with Gasteiger partial charge >= 0.3 is 6.18 Å². The molecule has 7 nitrogen and oxygen atoms in total. The van der Waals surface area contributed by atoms with Crippen molar-refractivity contribution in [2.75, 3.05) is 4.90 Å². The van der Waals surface area contributed by atoms with E-state index in [0.717, 1.165) is 17.0 Å². The minimum absolute atomic E-state index is 0.219. The van der Waals surface area contributed by atoms with E-state index < -0.39 is 58.2 Å². The number of fused-ring (bicyclic) bond motifs is 5. The Kier molecular flexibility index (Phi) is 4.72. The van der Waals surface area contributed by atoms with Gasteiger partial charge in [-0.15, -0.1) is 0 Å². The fourth-order valence-corrected chi connectivity index (χ4v) is 5.35. The molecule has 3 aliphatic heterocycles. The summed E-state index contributed by atoms with van der Waals surface area (Å²) in [7, 11) is 0. The van der Waals surface area contributed by atoms with E-state index >= 15 is 0 Å². The zero-order chi connectivity index (χ0) is 23.8. The summed E-state index contributed by atoms with van der Waals surface area (Å²) in [6.45, 7) is 6.80. The van der Waals surface area contributed by atoms with E-state index in [1.54, 1.807) is 27.7 Å². The number of halogens is 3. The molecule has 0 aromatic heterocycles. The lowest BCUT2D eigenvalue weighted by Gasteiger charge is -2.36. The SMILES string of the molecule is CC(C)C(=O)N[C@@H]1CC2(C)OC1(C)[C@@H]1C(=O)N(c3ccc(C#N)c(C(F)(F)F)c3)C(=O)[C@@H]12. The van der Waals surface area contributed by atoms with E-state index in [0.29, 0.717) is 12.5 Å². The van der Waals surface area contributed by atoms with Gasteiger partial charge in [0.15, 0.2) is 0 Å². The van der Waals surface area contributed by atoms with Crippen LogP contribution in [0.1, 0.15) is 45.2 Å². The number of hydrogen-bond donors (Lipinski definition) is 1. The molecule has 1 aromatic rings. The van der Waals surface area contributed by atoms with Crippen molar-refractivity contribution >= 4 is 23.4 Å². The molecule has 0 aliphatic carbocycles. The molecule has 3 heterocycles. The maximum Gasteiger partial charge on any atom is 0.417 e. The lowest BCUT2D eigenvalue weighted by atomic mass is 9.66. The average molecular weight is 449 g/mol. The van der Waals surface area contributed by atoms with E-state index in [2.05, 4.69) is 5.32 Å². The highest BCUT2D eigenvalue weighted by molar-refractivity contribution is 6.23. The highest BCUT2D eigenvalue weighted by atomic mass is 19.4. The monoisotopic (exact) mass is 449 g/mol. The van der Waals surface area contributed by atoms with Gasteiger partial charge in [0.2, 0.25) is 17.7 Å². The first-order valence-electron chi connectivity index (χ1n) is 10.2. The summed E-state index contributed by atoms with van der Waals surface area (Å²) in [5, 5.41) is 11.9. The van der Waals surface area contributed by atoms with Crippen molar-refractivity contribution in [1.29, 1.82) is 5.26 Å². The molecule has 3 saturated heterocycles. The quantitative estimate of drug-likeness (QED) is 0.716. The topological polar surface area (TPSA) is 99.5 Å². The van der Waals surface area contributed by atoms with Crippen LogP contribution >= 0.6 is 0 Å². The Hall–Kier alpha value is -2.93. The summed E-state index contributed by atoms with van der Waals surface area (Å²) >= 11 is 0. The number of nitriles is 1. The van der Waals surface area contributed by atoms with Gasteiger partial charge in [-0.25, -0.2) is 4.90 Å². The van der Waals surface area contributed by atoms with Crippen LogP contribution in [-0.2, 0) is 25.3 Å². The lowest BCUT2D eigenvalue weighted by molar-refractivity contribution is -0.138. The van der Waals surface area contributed by atoms with Crippen LogP contribution in [0.5, 0.6) is 0 Å². The van der Waals surface area contributed by atoms with Crippen molar-refractivity contribution in [2.45, 2.75) is 57.5 Å². The average Bonchev–Trinajstić information content (AvgIpc) is 3.21. The molecule has 170 valence electrons. The molecule has 5 atom stereocenters. The van der Waals surface area contributed by atoms with Gasteiger partial charge in [-0.3, -0.25) is 14.4 Å². The second kappa shape index (κ2) is 6.78. The molecule has 1 aromatic carbocycles. The van der Waals surface area contributed by atoms with Gasteiger partial charge < -0.3 is 10.1 Å². The largest absolute Gasteiger partial charge is 0.417 e. The zero-order valence-electron chi connectivity index (χ0n) is 17.9. The van der Waals surface area contributed by atoms with Crippen molar-refractivity contribution in [3.05, 3.63) is 29.3 Å². The molecular formula is C22H22F3N3O4. The first kappa shape index (κ1) is 22.3. The maximum atomic E-state index is 13.4. The summed E-state index contributed by atoms with van der Waals surface area (Å²) in [5.41, 5.74) is -4.27. The summed E-state index contributed by atoms with van der Waals surface area (Å²) in [4.78, 5) is 39.7. The minimum atomic E-state index is -4.82. The smallest absolute Gasteiger partial charge is 0.365 e. The first-order chi connectivity index (χ1) is 14.7. The van der Waals surface area contributed by atoms with Crippen molar-refractivity contribution in [3.8, 4) is 6.07 Å². The molecule has 1 N–H and O–H groups in total. The Morgan fingerprint density at radius 1 is 1.25 bits per heavy atom. The Morgan fingerprint density at radius 2 is 1.88 bits per heavy atom. The third-order valence-electron chi connectivity index (χ3n) is 6.86. The van der Waals surface area contributed by atoms with Crippen LogP contribution in [0.15, 0.2) is 18.2 Å². The van der Waals surface area contributed by atoms with Crippen LogP contribution in [0.2, 0.25) is 0 Å². The van der Waals surface area contributed by atoms with Gasteiger partial charge in [0.25, 0.3) is 0 Å². The Labute approximate surface area is 182 Å². The number of rotatable bonds is 3. The Balaban J connectivity index is 1.73. The highest BCUT2D eigenvalue weighted by Gasteiger charge is 2.76. The molecule has 2 bridgehead atoms. The molecule has 32 heavy (non-hydrogen) atoms. The van der Waals surface area contributed by atoms with E-state index in [-0.39, 0.29) is 17.5 Å². The molecule has 0 spiro atoms. The minimum Gasteiger partial charge on any atom is -0.365 e. The second-order valence-electron chi connectivity index (χ2n) is 9.33. The number of alkyl halides is 3. The van der Waals surface area contributed by atoms with Gasteiger partial charge in [0.1, 0.15) is 0 Å². The number of nitrogens with one attached hydrogen (secondary N) is 1. The molecule has 10 heteroatoms. The highest BCUT2D eigenvalue weighted by Crippen LogP contribution is 2.61. The van der Waals surface area contributed by atoms with Crippen LogP contribution in [0.4, 0.5) is 18.9 Å². The van der Waals surface area contributed by atoms with Crippen molar-refractivity contribution in [3.63, 3.8) is 0 Å². The molecule has 2 unspecified atom stereocenters. The number of carbonyl (C=O) groups is 3. The molecule has 3 aliphatic rings. The van der Waals surface area contributed by atoms with E-state index in [1.807, 2.05) is 0 Å². The predicted octanol–water partition coefficient (Wildman–Crippen LogP) is 2.77. The van der Waals surface area contributed by atoms with Crippen molar-refractivity contribution in [1.82, 2.24) is 5.32 Å². The third kappa shape index (κ3) is 2.94. The summed E-state index contributed by atoms with van der Waals surface area (Å²) in [5.74, 6) is -3.65. The molecule has 3 amide bonds. The third-order valence-corrected chi connectivity index (χ3v) is 6.86. The van der Waals surface area contributed by atoms with Crippen LogP contribution in [0, 0.1) is 29.1 Å². The fourth-order valence-electron chi connectivity index (χ4n) is 5.35. The van der Waals surface area contributed by atoms with E-state index in [4.69, 9.17) is 10.00 Å². The van der Waals surface area contributed by atoms with Crippen LogP contribution in [0.25, 0.3) is 0 Å². The maximum absolute atomic E-state index is 13.4. The number of carbonyl (C=O) groups excluding carboxylic acids is 3. The molecule has 0 saturated carbocycles. The fraction of sp³-hybridized carbons (Fsp3) is 0.545. The molecule has 0 radical (unpaired) electrons. The number of nitrogens with zero attached hydrogens (tertiary/aromatic N) is 2. The van der Waals surface area contributed by atoms with Crippen LogP contribution in [-0.4, -0.2) is 35.0 Å². The van der Waals surface area contributed by atoms with E-state index in [9.17, 15) is 27.6 Å². The second-order valence-corrected chi connectivity index (χ2v) is 9.33. The predicted molar refractivity (Wildman–Crippen MR) is 105 cm³/mol. The van der Waals surface area contributed by atoms with Gasteiger partial charge in [-0.05, 0) is 38.5 Å². The van der Waals surface area contributed by atoms with Gasteiger partial charge in [0, 0.05) is 5.92 Å². The summed E-state index contributed by atoms with van der Waals surface area (Å²) in [6.07, 6.45) is -4.52. The lowest BCUT2D eigenvalue weighted by Crippen LogP contribution is -2.57. The zero-order valence-corrected chi connectivity index (χ0v) is 17.9. The molecule has 4 rings (SSSR count). The van der Waals surface area contributed by atoms with Crippen LogP contribution < -0.4 is 10.2 Å². The molecule has 3 fully saturated rings. The van der Waals surface area contributed by atoms with E-state index in [1.165, 1.54) is 6.07 Å². The molecular weight excluding hydrogens is 427 g/mol. The Morgan fingerprint density at radius 3 is 2.44 bits per heavy atom. The number of ether oxygens (including phenoxy) is 1. The summed E-state index contributed by atoms with van der Waals surface area (Å²) in [6, 6.07) is 3.73. The van der Waals surface area contributed by atoms with Crippen LogP contribution in [0.3, 0.4) is 0 Å². The number of anilines is 1. The Bertz CT molecular complexity index is 1080. The van der Waals surface area contributed by atoms with Gasteiger partial charge in [-0.1, -0.05) is 13.8 Å².